The maximum atomic E-state index is 12.1. The fraction of sp³-hybridized carbons (Fsp3) is 0.615. The molecule has 0 spiro atoms. The molecule has 2 rings (SSSR count). The average molecular weight is 265 g/mol. The molecule has 0 bridgehead atoms. The molecule has 6 nitrogen and oxygen atoms in total. The van der Waals surface area contributed by atoms with E-state index in [1.807, 2.05) is 6.92 Å². The molecule has 104 valence electrons. The third-order valence-electron chi connectivity index (χ3n) is 3.60. The van der Waals surface area contributed by atoms with Gasteiger partial charge < -0.3 is 10.4 Å². The highest BCUT2D eigenvalue weighted by Crippen LogP contribution is 2.30. The molecule has 3 N–H and O–H groups in total. The Hall–Kier alpha value is -1.85. The SMILES string of the molecule is CCCc1cc(C(=O)NC2(C(=O)O)CCCC2)n[nH]1. The molecule has 1 aliphatic rings. The quantitative estimate of drug-likeness (QED) is 0.751. The highest BCUT2D eigenvalue weighted by atomic mass is 16.4. The Morgan fingerprint density at radius 2 is 2.16 bits per heavy atom. The first-order valence-electron chi connectivity index (χ1n) is 6.67. The van der Waals surface area contributed by atoms with Gasteiger partial charge >= 0.3 is 5.97 Å². The molecule has 0 saturated heterocycles. The summed E-state index contributed by atoms with van der Waals surface area (Å²) < 4.78 is 0. The predicted molar refractivity (Wildman–Crippen MR) is 68.9 cm³/mol. The second kappa shape index (κ2) is 5.42. The maximum absolute atomic E-state index is 12.1. The van der Waals surface area contributed by atoms with Crippen LogP contribution in [-0.4, -0.2) is 32.7 Å². The maximum Gasteiger partial charge on any atom is 0.329 e. The smallest absolute Gasteiger partial charge is 0.329 e. The number of hydrogen-bond donors (Lipinski definition) is 3. The van der Waals surface area contributed by atoms with Crippen molar-refractivity contribution in [3.8, 4) is 0 Å². The monoisotopic (exact) mass is 265 g/mol. The summed E-state index contributed by atoms with van der Waals surface area (Å²) in [6.45, 7) is 2.04. The Morgan fingerprint density at radius 1 is 1.47 bits per heavy atom. The van der Waals surface area contributed by atoms with Crippen molar-refractivity contribution in [1.29, 1.82) is 0 Å². The summed E-state index contributed by atoms with van der Waals surface area (Å²) in [7, 11) is 0. The summed E-state index contributed by atoms with van der Waals surface area (Å²) in [6.07, 6.45) is 4.41. The second-order valence-electron chi connectivity index (χ2n) is 5.08. The number of aromatic amines is 1. The van der Waals surface area contributed by atoms with Gasteiger partial charge in [0.25, 0.3) is 5.91 Å². The van der Waals surface area contributed by atoms with Crippen LogP contribution >= 0.6 is 0 Å². The summed E-state index contributed by atoms with van der Waals surface area (Å²) in [5.74, 6) is -1.37. The first kappa shape index (κ1) is 13.6. The molecule has 1 amide bonds. The van der Waals surface area contributed by atoms with Gasteiger partial charge in [-0.1, -0.05) is 26.2 Å². The number of carboxylic acids is 1. The summed E-state index contributed by atoms with van der Waals surface area (Å²) in [5.41, 5.74) is 0.0421. The number of H-pyrrole nitrogens is 1. The van der Waals surface area contributed by atoms with Crippen molar-refractivity contribution >= 4 is 11.9 Å². The molecule has 1 heterocycles. The number of carbonyl (C=O) groups is 2. The van der Waals surface area contributed by atoms with Crippen LogP contribution < -0.4 is 5.32 Å². The third kappa shape index (κ3) is 2.77. The van der Waals surface area contributed by atoms with Crippen LogP contribution in [-0.2, 0) is 11.2 Å². The lowest BCUT2D eigenvalue weighted by Gasteiger charge is -2.24. The first-order valence-corrected chi connectivity index (χ1v) is 6.67. The van der Waals surface area contributed by atoms with E-state index >= 15 is 0 Å². The third-order valence-corrected chi connectivity index (χ3v) is 3.60. The molecule has 1 aromatic rings. The van der Waals surface area contributed by atoms with Crippen LogP contribution in [0.25, 0.3) is 0 Å². The van der Waals surface area contributed by atoms with E-state index < -0.39 is 17.4 Å². The van der Waals surface area contributed by atoms with E-state index in [4.69, 9.17) is 0 Å². The van der Waals surface area contributed by atoms with Gasteiger partial charge in [0.15, 0.2) is 0 Å². The van der Waals surface area contributed by atoms with Crippen molar-refractivity contribution in [2.45, 2.75) is 51.0 Å². The lowest BCUT2D eigenvalue weighted by molar-refractivity contribution is -0.144. The van der Waals surface area contributed by atoms with Crippen LogP contribution in [0.3, 0.4) is 0 Å². The Morgan fingerprint density at radius 3 is 2.74 bits per heavy atom. The molecular weight excluding hydrogens is 246 g/mol. The molecule has 0 aliphatic heterocycles. The van der Waals surface area contributed by atoms with Gasteiger partial charge in [0.1, 0.15) is 11.2 Å². The number of nitrogens with zero attached hydrogens (tertiary/aromatic N) is 1. The predicted octanol–water partition coefficient (Wildman–Crippen LogP) is 1.49. The fourth-order valence-electron chi connectivity index (χ4n) is 2.53. The van der Waals surface area contributed by atoms with Crippen molar-refractivity contribution in [3.05, 3.63) is 17.5 Å². The van der Waals surface area contributed by atoms with E-state index in [2.05, 4.69) is 15.5 Å². The van der Waals surface area contributed by atoms with Crippen LogP contribution in [0.2, 0.25) is 0 Å². The number of carboxylic acid groups (broad SMARTS) is 1. The van der Waals surface area contributed by atoms with Crippen LogP contribution in [0.4, 0.5) is 0 Å². The molecule has 6 heteroatoms. The van der Waals surface area contributed by atoms with Crippen molar-refractivity contribution < 1.29 is 14.7 Å². The Bertz CT molecular complexity index is 475. The van der Waals surface area contributed by atoms with Gasteiger partial charge in [-0.2, -0.15) is 5.10 Å². The van der Waals surface area contributed by atoms with Gasteiger partial charge in [0.05, 0.1) is 0 Å². The van der Waals surface area contributed by atoms with Gasteiger partial charge in [-0.25, -0.2) is 4.79 Å². The van der Waals surface area contributed by atoms with Crippen molar-refractivity contribution in [2.24, 2.45) is 0 Å². The highest BCUT2D eigenvalue weighted by molar-refractivity contribution is 5.96. The number of aliphatic carboxylic acids is 1. The van der Waals surface area contributed by atoms with Crippen LogP contribution in [0.5, 0.6) is 0 Å². The Balaban J connectivity index is 2.08. The van der Waals surface area contributed by atoms with E-state index in [0.717, 1.165) is 31.4 Å². The normalized spacial score (nSPS) is 17.3. The first-order chi connectivity index (χ1) is 9.07. The molecule has 19 heavy (non-hydrogen) atoms. The van der Waals surface area contributed by atoms with E-state index in [-0.39, 0.29) is 5.69 Å². The van der Waals surface area contributed by atoms with Gasteiger partial charge in [0.2, 0.25) is 0 Å². The number of hydrogen-bond acceptors (Lipinski definition) is 3. The van der Waals surface area contributed by atoms with E-state index in [9.17, 15) is 14.7 Å². The lowest BCUT2D eigenvalue weighted by Crippen LogP contribution is -2.52. The number of carbonyl (C=O) groups excluding carboxylic acids is 1. The molecule has 0 unspecified atom stereocenters. The zero-order chi connectivity index (χ0) is 13.9. The van der Waals surface area contributed by atoms with E-state index in [1.54, 1.807) is 6.07 Å². The summed E-state index contributed by atoms with van der Waals surface area (Å²) in [5, 5.41) is 18.7. The zero-order valence-corrected chi connectivity index (χ0v) is 11.0. The number of amides is 1. The number of aromatic nitrogens is 2. The Kier molecular flexibility index (Phi) is 3.87. The van der Waals surface area contributed by atoms with E-state index in [0.29, 0.717) is 12.8 Å². The van der Waals surface area contributed by atoms with Gasteiger partial charge in [-0.15, -0.1) is 0 Å². The highest BCUT2D eigenvalue weighted by Gasteiger charge is 2.43. The van der Waals surface area contributed by atoms with Crippen LogP contribution in [0.1, 0.15) is 55.2 Å². The molecule has 0 aromatic carbocycles. The molecular formula is C13H19N3O3. The number of rotatable bonds is 5. The zero-order valence-electron chi connectivity index (χ0n) is 11.0. The summed E-state index contributed by atoms with van der Waals surface area (Å²) in [4.78, 5) is 23.4. The molecule has 1 aliphatic carbocycles. The van der Waals surface area contributed by atoms with Gasteiger partial charge in [-0.3, -0.25) is 9.89 Å². The summed E-state index contributed by atoms with van der Waals surface area (Å²) >= 11 is 0. The average Bonchev–Trinajstić information content (AvgIpc) is 2.99. The second-order valence-corrected chi connectivity index (χ2v) is 5.08. The molecule has 1 saturated carbocycles. The van der Waals surface area contributed by atoms with E-state index in [1.165, 1.54) is 0 Å². The fourth-order valence-corrected chi connectivity index (χ4v) is 2.53. The topological polar surface area (TPSA) is 95.1 Å². The van der Waals surface area contributed by atoms with Crippen molar-refractivity contribution in [1.82, 2.24) is 15.5 Å². The molecule has 0 radical (unpaired) electrons. The van der Waals surface area contributed by atoms with Crippen molar-refractivity contribution in [3.63, 3.8) is 0 Å². The van der Waals surface area contributed by atoms with Gasteiger partial charge in [-0.05, 0) is 25.3 Å². The number of aryl methyl sites for hydroxylation is 1. The standard InChI is InChI=1S/C13H19N3O3/c1-2-5-9-8-10(16-15-9)11(17)14-13(12(18)19)6-3-4-7-13/h8H,2-7H2,1H3,(H,14,17)(H,15,16)(H,18,19). The summed E-state index contributed by atoms with van der Waals surface area (Å²) in [6, 6.07) is 1.68. The minimum absolute atomic E-state index is 0.260. The van der Waals surface area contributed by atoms with Gasteiger partial charge in [0, 0.05) is 5.69 Å². The van der Waals surface area contributed by atoms with Crippen LogP contribution in [0, 0.1) is 0 Å². The lowest BCUT2D eigenvalue weighted by atomic mass is 9.97. The minimum Gasteiger partial charge on any atom is -0.480 e. The minimum atomic E-state index is -1.11. The van der Waals surface area contributed by atoms with Crippen molar-refractivity contribution in [2.75, 3.05) is 0 Å². The molecule has 0 atom stereocenters. The molecule has 1 aromatic heterocycles. The van der Waals surface area contributed by atoms with Crippen LogP contribution in [0.15, 0.2) is 6.07 Å². The number of nitrogens with one attached hydrogen (secondary N) is 2. The molecule has 1 fully saturated rings. The Labute approximate surface area is 111 Å². The largest absolute Gasteiger partial charge is 0.480 e.